The number of hydrogen-bond donors (Lipinski definition) is 0. The van der Waals surface area contributed by atoms with Crippen molar-refractivity contribution in [1.82, 2.24) is 14.8 Å². The fourth-order valence-electron chi connectivity index (χ4n) is 5.58. The van der Waals surface area contributed by atoms with Crippen molar-refractivity contribution in [2.75, 3.05) is 32.8 Å². The van der Waals surface area contributed by atoms with E-state index in [-0.39, 0.29) is 0 Å². The molecule has 5 rings (SSSR count). The number of aryl methyl sites for hydroxylation is 1. The molecule has 31 heavy (non-hydrogen) atoms. The first-order valence-corrected chi connectivity index (χ1v) is 13.3. The number of piperidine rings is 1. The maximum atomic E-state index is 6.02. The zero-order chi connectivity index (χ0) is 21.0. The summed E-state index contributed by atoms with van der Waals surface area (Å²) in [5, 5.41) is 1.18. The molecule has 0 N–H and O–H groups in total. The summed E-state index contributed by atoms with van der Waals surface area (Å²) < 4.78 is 6.02. The van der Waals surface area contributed by atoms with E-state index >= 15 is 0 Å². The van der Waals surface area contributed by atoms with E-state index < -0.39 is 0 Å². The Morgan fingerprint density at radius 2 is 1.84 bits per heavy atom. The summed E-state index contributed by atoms with van der Waals surface area (Å²) in [5.74, 6) is 0.978. The van der Waals surface area contributed by atoms with Crippen LogP contribution in [0.2, 0.25) is 0 Å². The van der Waals surface area contributed by atoms with E-state index in [1.807, 2.05) is 11.3 Å². The van der Waals surface area contributed by atoms with Gasteiger partial charge < -0.3 is 9.64 Å². The highest BCUT2D eigenvalue weighted by Gasteiger charge is 2.30. The molecule has 2 aromatic rings. The van der Waals surface area contributed by atoms with Crippen molar-refractivity contribution in [3.8, 4) is 16.3 Å². The molecular formula is C26H37N3OS. The molecule has 1 aromatic carbocycles. The average molecular weight is 440 g/mol. The van der Waals surface area contributed by atoms with Crippen molar-refractivity contribution in [1.29, 1.82) is 0 Å². The normalized spacial score (nSPS) is 24.9. The molecule has 5 heteroatoms. The molecule has 1 aromatic heterocycles. The molecule has 0 bridgehead atoms. The van der Waals surface area contributed by atoms with Gasteiger partial charge in [-0.1, -0.05) is 6.42 Å². The van der Waals surface area contributed by atoms with E-state index in [0.29, 0.717) is 6.04 Å². The molecule has 2 aliphatic heterocycles. The van der Waals surface area contributed by atoms with Crippen LogP contribution < -0.4 is 4.74 Å². The fourth-order valence-corrected chi connectivity index (χ4v) is 6.75. The van der Waals surface area contributed by atoms with E-state index in [9.17, 15) is 0 Å². The molecule has 0 amide bonds. The van der Waals surface area contributed by atoms with E-state index in [4.69, 9.17) is 9.72 Å². The second-order valence-electron chi connectivity index (χ2n) is 9.59. The number of benzene rings is 1. The van der Waals surface area contributed by atoms with Crippen LogP contribution in [0.1, 0.15) is 74.9 Å². The summed E-state index contributed by atoms with van der Waals surface area (Å²) >= 11 is 1.91. The molecular weight excluding hydrogens is 402 g/mol. The van der Waals surface area contributed by atoms with Crippen LogP contribution in [0.3, 0.4) is 0 Å². The second-order valence-corrected chi connectivity index (χ2v) is 10.7. The quantitative estimate of drug-likeness (QED) is 0.500. The van der Waals surface area contributed by atoms with Gasteiger partial charge in [-0.2, -0.15) is 0 Å². The summed E-state index contributed by atoms with van der Waals surface area (Å²) in [6.07, 6.45) is 11.7. The van der Waals surface area contributed by atoms with Crippen LogP contribution in [0.15, 0.2) is 24.3 Å². The van der Waals surface area contributed by atoms with Crippen LogP contribution in [-0.4, -0.2) is 53.6 Å². The molecule has 3 heterocycles. The van der Waals surface area contributed by atoms with Gasteiger partial charge in [-0.3, -0.25) is 4.90 Å². The van der Waals surface area contributed by atoms with E-state index in [0.717, 1.165) is 31.4 Å². The average Bonchev–Trinajstić information content (AvgIpc) is 3.43. The second kappa shape index (κ2) is 10.0. The van der Waals surface area contributed by atoms with Crippen molar-refractivity contribution < 1.29 is 4.74 Å². The Labute approximate surface area is 191 Å². The van der Waals surface area contributed by atoms with E-state index in [1.54, 1.807) is 0 Å². The minimum atomic E-state index is 0.551. The lowest BCUT2D eigenvalue weighted by Crippen LogP contribution is -2.35. The molecule has 2 fully saturated rings. The Hall–Kier alpha value is -1.43. The lowest BCUT2D eigenvalue weighted by molar-refractivity contribution is 0.146. The minimum Gasteiger partial charge on any atom is -0.494 e. The van der Waals surface area contributed by atoms with Crippen LogP contribution in [0.5, 0.6) is 5.75 Å². The first-order chi connectivity index (χ1) is 15.3. The van der Waals surface area contributed by atoms with Crippen LogP contribution in [0.25, 0.3) is 10.6 Å². The molecule has 2 atom stereocenters. The highest BCUT2D eigenvalue weighted by molar-refractivity contribution is 7.15. The Balaban J connectivity index is 1.19. The first kappa shape index (κ1) is 21.4. The van der Waals surface area contributed by atoms with Crippen molar-refractivity contribution in [2.24, 2.45) is 0 Å². The lowest BCUT2D eigenvalue weighted by atomic mass is 9.94. The van der Waals surface area contributed by atoms with Gasteiger partial charge in [0.15, 0.2) is 0 Å². The fraction of sp³-hybridized carbons (Fsp3) is 0.654. The maximum absolute atomic E-state index is 6.02. The van der Waals surface area contributed by atoms with Gasteiger partial charge in [0.2, 0.25) is 0 Å². The third-order valence-corrected chi connectivity index (χ3v) is 8.59. The number of fused-ring (bicyclic) bond motifs is 1. The number of thiazole rings is 1. The summed E-state index contributed by atoms with van der Waals surface area (Å²) in [5.41, 5.74) is 2.61. The Bertz CT molecular complexity index is 843. The zero-order valence-electron chi connectivity index (χ0n) is 19.0. The molecule has 3 aliphatic rings. The van der Waals surface area contributed by atoms with Crippen molar-refractivity contribution in [3.63, 3.8) is 0 Å². The van der Waals surface area contributed by atoms with Crippen molar-refractivity contribution in [3.05, 3.63) is 34.8 Å². The van der Waals surface area contributed by atoms with Crippen molar-refractivity contribution in [2.45, 2.75) is 76.8 Å². The van der Waals surface area contributed by atoms with Gasteiger partial charge in [0, 0.05) is 23.0 Å². The third kappa shape index (κ3) is 4.99. The number of rotatable bonds is 7. The Kier molecular flexibility index (Phi) is 6.92. The first-order valence-electron chi connectivity index (χ1n) is 12.5. The van der Waals surface area contributed by atoms with Gasteiger partial charge in [0.05, 0.1) is 18.3 Å². The standard InChI is InChI=1S/C26H37N3OS/c1-20-8-6-17-28(20)18-7-19-30-22-13-11-21(12-14-22)26-27-25-23(9-5-10-24(25)31-26)29-15-3-2-4-16-29/h11-14,20,23H,2-10,15-19H2,1H3. The smallest absolute Gasteiger partial charge is 0.123 e. The summed E-state index contributed by atoms with van der Waals surface area (Å²) in [4.78, 5) is 12.0. The Morgan fingerprint density at radius 1 is 1.00 bits per heavy atom. The molecule has 2 unspecified atom stereocenters. The lowest BCUT2D eigenvalue weighted by Gasteiger charge is -2.36. The summed E-state index contributed by atoms with van der Waals surface area (Å²) in [6.45, 7) is 8.05. The van der Waals surface area contributed by atoms with Crippen LogP contribution in [0, 0.1) is 0 Å². The van der Waals surface area contributed by atoms with E-state index in [1.165, 1.54) is 92.1 Å². The predicted molar refractivity (Wildman–Crippen MR) is 129 cm³/mol. The Morgan fingerprint density at radius 3 is 2.61 bits per heavy atom. The number of ether oxygens (including phenoxy) is 1. The molecule has 0 radical (unpaired) electrons. The summed E-state index contributed by atoms with van der Waals surface area (Å²) in [7, 11) is 0. The van der Waals surface area contributed by atoms with E-state index in [2.05, 4.69) is 41.0 Å². The summed E-state index contributed by atoms with van der Waals surface area (Å²) in [6, 6.07) is 9.93. The van der Waals surface area contributed by atoms with Gasteiger partial charge in [-0.25, -0.2) is 4.98 Å². The highest BCUT2D eigenvalue weighted by atomic mass is 32.1. The maximum Gasteiger partial charge on any atom is 0.123 e. The van der Waals surface area contributed by atoms with Crippen molar-refractivity contribution >= 4 is 11.3 Å². The zero-order valence-corrected chi connectivity index (χ0v) is 19.8. The molecule has 0 spiro atoms. The number of hydrogen-bond acceptors (Lipinski definition) is 5. The van der Waals surface area contributed by atoms with Gasteiger partial charge in [0.25, 0.3) is 0 Å². The largest absolute Gasteiger partial charge is 0.494 e. The molecule has 4 nitrogen and oxygen atoms in total. The predicted octanol–water partition coefficient (Wildman–Crippen LogP) is 5.93. The molecule has 1 aliphatic carbocycles. The third-order valence-electron chi connectivity index (χ3n) is 7.41. The monoisotopic (exact) mass is 439 g/mol. The number of likely N-dealkylation sites (tertiary alicyclic amines) is 2. The van der Waals surface area contributed by atoms with Crippen LogP contribution >= 0.6 is 11.3 Å². The minimum absolute atomic E-state index is 0.551. The van der Waals surface area contributed by atoms with Gasteiger partial charge >= 0.3 is 0 Å². The highest BCUT2D eigenvalue weighted by Crippen LogP contribution is 2.40. The topological polar surface area (TPSA) is 28.6 Å². The number of nitrogens with zero attached hydrogens (tertiary/aromatic N) is 3. The SMILES string of the molecule is CC1CCCN1CCCOc1ccc(-c2nc3c(s2)CCCC3N2CCCCC2)cc1. The van der Waals surface area contributed by atoms with Gasteiger partial charge in [0.1, 0.15) is 10.8 Å². The molecule has 168 valence electrons. The molecule has 2 saturated heterocycles. The van der Waals surface area contributed by atoms with Crippen LogP contribution in [0.4, 0.5) is 0 Å². The van der Waals surface area contributed by atoms with Gasteiger partial charge in [-0.05, 0) is 102 Å². The van der Waals surface area contributed by atoms with Crippen LogP contribution in [-0.2, 0) is 6.42 Å². The number of aromatic nitrogens is 1. The van der Waals surface area contributed by atoms with Gasteiger partial charge in [-0.15, -0.1) is 11.3 Å². The molecule has 0 saturated carbocycles.